The van der Waals surface area contributed by atoms with Crippen molar-refractivity contribution >= 4 is 46.2 Å². The zero-order chi connectivity index (χ0) is 27.2. The van der Waals surface area contributed by atoms with E-state index in [1.165, 1.54) is 17.3 Å². The topological polar surface area (TPSA) is 71.0 Å². The van der Waals surface area contributed by atoms with Gasteiger partial charge in [0.2, 0.25) is 5.91 Å². The first-order valence-electron chi connectivity index (χ1n) is 12.7. The third-order valence-electron chi connectivity index (χ3n) is 6.42. The van der Waals surface area contributed by atoms with Gasteiger partial charge in [0.15, 0.2) is 5.17 Å². The maximum Gasteiger partial charge on any atom is 0.283 e. The summed E-state index contributed by atoms with van der Waals surface area (Å²) in [5, 5.41) is 3.43. The lowest BCUT2D eigenvalue weighted by Gasteiger charge is -2.19. The van der Waals surface area contributed by atoms with Gasteiger partial charge in [-0.15, -0.1) is 0 Å². The van der Waals surface area contributed by atoms with Crippen molar-refractivity contribution in [2.75, 3.05) is 23.1 Å². The van der Waals surface area contributed by atoms with Crippen LogP contribution in [0.5, 0.6) is 5.75 Å². The van der Waals surface area contributed by atoms with Crippen molar-refractivity contribution in [3.05, 3.63) is 94.7 Å². The fourth-order valence-corrected chi connectivity index (χ4v) is 5.03. The number of hydrogen-bond acceptors (Lipinski definition) is 5. The van der Waals surface area contributed by atoms with Crippen molar-refractivity contribution in [1.82, 2.24) is 0 Å². The van der Waals surface area contributed by atoms with Crippen LogP contribution in [0.1, 0.15) is 48.4 Å². The van der Waals surface area contributed by atoms with Crippen molar-refractivity contribution in [2.24, 2.45) is 4.99 Å². The zero-order valence-electron chi connectivity index (χ0n) is 22.4. The number of nitrogens with one attached hydrogen (secondary N) is 1. The van der Waals surface area contributed by atoms with Gasteiger partial charge in [-0.25, -0.2) is 4.99 Å². The third kappa shape index (κ3) is 6.53. The van der Waals surface area contributed by atoms with Gasteiger partial charge in [-0.1, -0.05) is 55.9 Å². The van der Waals surface area contributed by atoms with Crippen molar-refractivity contribution in [3.8, 4) is 5.75 Å². The van der Waals surface area contributed by atoms with E-state index in [1.807, 2.05) is 62.4 Å². The number of rotatable bonds is 8. The second kappa shape index (κ2) is 12.1. The minimum absolute atomic E-state index is 0.121. The number of thioether (sulfide) groups is 1. The van der Waals surface area contributed by atoms with E-state index in [-0.39, 0.29) is 17.6 Å². The van der Waals surface area contributed by atoms with E-state index in [0.29, 0.717) is 16.8 Å². The molecule has 1 heterocycles. The van der Waals surface area contributed by atoms with E-state index >= 15 is 0 Å². The van der Waals surface area contributed by atoms with Crippen LogP contribution in [0.15, 0.2) is 77.4 Å². The van der Waals surface area contributed by atoms with Gasteiger partial charge in [0.1, 0.15) is 11.4 Å². The molecule has 1 unspecified atom stereocenters. The normalized spacial score (nSPS) is 15.0. The number of anilines is 2. The molecule has 0 bridgehead atoms. The molecule has 0 aliphatic carbocycles. The lowest BCUT2D eigenvalue weighted by molar-refractivity contribution is -0.114. The highest BCUT2D eigenvalue weighted by atomic mass is 32.2. The molecule has 3 aromatic rings. The Bertz CT molecular complexity index is 1360. The summed E-state index contributed by atoms with van der Waals surface area (Å²) in [4.78, 5) is 32.6. The van der Waals surface area contributed by atoms with Gasteiger partial charge in [-0.3, -0.25) is 14.5 Å². The van der Waals surface area contributed by atoms with Crippen LogP contribution in [0.4, 0.5) is 11.4 Å². The molecule has 0 aromatic heterocycles. The molecule has 0 radical (unpaired) electrons. The first kappa shape index (κ1) is 27.2. The van der Waals surface area contributed by atoms with Gasteiger partial charge in [-0.05, 0) is 90.9 Å². The van der Waals surface area contributed by atoms with Crippen LogP contribution in [0, 0.1) is 13.8 Å². The van der Waals surface area contributed by atoms with Gasteiger partial charge < -0.3 is 10.1 Å². The summed E-state index contributed by atoms with van der Waals surface area (Å²) >= 11 is 1.24. The van der Waals surface area contributed by atoms with Gasteiger partial charge in [-0.2, -0.15) is 0 Å². The number of ether oxygens (including phenoxy) is 1. The summed E-state index contributed by atoms with van der Waals surface area (Å²) in [5.41, 5.74) is 5.97. The zero-order valence-corrected chi connectivity index (χ0v) is 23.3. The first-order valence-corrected chi connectivity index (χ1v) is 13.7. The minimum Gasteiger partial charge on any atom is -0.497 e. The lowest BCUT2D eigenvalue weighted by atomic mass is 9.99. The summed E-state index contributed by atoms with van der Waals surface area (Å²) in [6.45, 7) is 8.34. The predicted molar refractivity (Wildman–Crippen MR) is 158 cm³/mol. The summed E-state index contributed by atoms with van der Waals surface area (Å²) < 4.78 is 5.23. The monoisotopic (exact) mass is 527 g/mol. The Balaban J connectivity index is 1.54. The molecule has 0 fully saturated rings. The van der Waals surface area contributed by atoms with Crippen LogP contribution in [-0.4, -0.2) is 29.8 Å². The molecule has 4 rings (SSSR count). The molecule has 1 aliphatic heterocycles. The Kier molecular flexibility index (Phi) is 8.69. The minimum atomic E-state index is -0.227. The molecular formula is C31H33N3O3S. The largest absolute Gasteiger partial charge is 0.497 e. The summed E-state index contributed by atoms with van der Waals surface area (Å²) in [6.07, 6.45) is 2.82. The smallest absolute Gasteiger partial charge is 0.283 e. The number of amidine groups is 1. The number of carbonyl (C=O) groups is 2. The van der Waals surface area contributed by atoms with E-state index in [1.54, 1.807) is 18.1 Å². The van der Waals surface area contributed by atoms with Crippen molar-refractivity contribution in [2.45, 2.75) is 40.0 Å². The van der Waals surface area contributed by atoms with Crippen LogP contribution in [0.2, 0.25) is 0 Å². The Morgan fingerprint density at radius 2 is 1.71 bits per heavy atom. The number of carbonyl (C=O) groups excluding carboxylic acids is 2. The average Bonchev–Trinajstić information content (AvgIpc) is 3.22. The van der Waals surface area contributed by atoms with E-state index in [0.717, 1.165) is 40.2 Å². The highest BCUT2D eigenvalue weighted by Gasteiger charge is 2.32. The lowest BCUT2D eigenvalue weighted by Crippen LogP contribution is -2.31. The Morgan fingerprint density at radius 1 is 1.05 bits per heavy atom. The number of nitrogens with zero attached hydrogens (tertiary/aromatic N) is 2. The highest BCUT2D eigenvalue weighted by Crippen LogP contribution is 2.31. The maximum atomic E-state index is 13.5. The van der Waals surface area contributed by atoms with Crippen molar-refractivity contribution < 1.29 is 14.3 Å². The molecule has 3 aromatic carbocycles. The predicted octanol–water partition coefficient (Wildman–Crippen LogP) is 6.94. The molecule has 0 spiro atoms. The molecule has 6 nitrogen and oxygen atoms in total. The number of amides is 2. The number of benzene rings is 3. The fraction of sp³-hybridized carbons (Fsp3) is 0.258. The summed E-state index contributed by atoms with van der Waals surface area (Å²) in [6, 6.07) is 21.4. The Morgan fingerprint density at radius 3 is 2.32 bits per heavy atom. The van der Waals surface area contributed by atoms with Crippen LogP contribution < -0.4 is 15.0 Å². The van der Waals surface area contributed by atoms with E-state index < -0.39 is 0 Å². The first-order chi connectivity index (χ1) is 18.3. The quantitative estimate of drug-likeness (QED) is 0.322. The standard InChI is InChI=1S/C31H33N3O3S/c1-6-22(4)24-9-11-25(12-10-24)32-29(35)19-38-31-33-28(18-23-7-13-27(37-5)14-8-23)30(36)34(31)26-16-20(2)15-21(3)17-26/h7-18,22H,6,19H2,1-5H3,(H,32,35). The molecule has 38 heavy (non-hydrogen) atoms. The Labute approximate surface area is 228 Å². The SMILES string of the molecule is CCC(C)c1ccc(NC(=O)CSC2=NC(=Cc3ccc(OC)cc3)C(=O)N2c2cc(C)cc(C)c2)cc1. The summed E-state index contributed by atoms with van der Waals surface area (Å²) in [5.74, 6) is 0.950. The molecule has 0 saturated heterocycles. The van der Waals surface area contributed by atoms with Crippen LogP contribution in [-0.2, 0) is 9.59 Å². The second-order valence-corrected chi connectivity index (χ2v) is 10.4. The van der Waals surface area contributed by atoms with E-state index in [4.69, 9.17) is 4.74 Å². The van der Waals surface area contributed by atoms with Crippen LogP contribution >= 0.6 is 11.8 Å². The van der Waals surface area contributed by atoms with Crippen LogP contribution in [0.25, 0.3) is 6.08 Å². The molecule has 1 atom stereocenters. The number of hydrogen-bond donors (Lipinski definition) is 1. The summed E-state index contributed by atoms with van der Waals surface area (Å²) in [7, 11) is 1.61. The molecule has 7 heteroatoms. The highest BCUT2D eigenvalue weighted by molar-refractivity contribution is 8.14. The molecule has 1 aliphatic rings. The van der Waals surface area contributed by atoms with Crippen LogP contribution in [0.3, 0.4) is 0 Å². The van der Waals surface area contributed by atoms with Gasteiger partial charge in [0.25, 0.3) is 5.91 Å². The van der Waals surface area contributed by atoms with Gasteiger partial charge >= 0.3 is 0 Å². The second-order valence-electron chi connectivity index (χ2n) is 9.45. The van der Waals surface area contributed by atoms with Gasteiger partial charge in [0.05, 0.1) is 18.6 Å². The van der Waals surface area contributed by atoms with Crippen molar-refractivity contribution in [3.63, 3.8) is 0 Å². The average molecular weight is 528 g/mol. The number of aliphatic imine (C=N–C) groups is 1. The molecular weight excluding hydrogens is 494 g/mol. The molecule has 1 N–H and O–H groups in total. The fourth-order valence-electron chi connectivity index (χ4n) is 4.22. The van der Waals surface area contributed by atoms with Crippen molar-refractivity contribution in [1.29, 1.82) is 0 Å². The third-order valence-corrected chi connectivity index (χ3v) is 7.36. The van der Waals surface area contributed by atoms with E-state index in [2.05, 4.69) is 42.4 Å². The molecule has 2 amide bonds. The molecule has 0 saturated carbocycles. The van der Waals surface area contributed by atoms with Gasteiger partial charge in [0, 0.05) is 5.69 Å². The Hall–Kier alpha value is -3.84. The van der Waals surface area contributed by atoms with E-state index in [9.17, 15) is 9.59 Å². The maximum absolute atomic E-state index is 13.5. The number of methoxy groups -OCH3 is 1. The molecule has 196 valence electrons. The number of aryl methyl sites for hydroxylation is 2.